The molecule has 1 atom stereocenters. The van der Waals surface area contributed by atoms with Crippen LogP contribution in [0.2, 0.25) is 10.0 Å². The molecule has 0 fully saturated rings. The Bertz CT molecular complexity index is 1070. The lowest BCUT2D eigenvalue weighted by molar-refractivity contribution is -0.118. The van der Waals surface area contributed by atoms with Crippen molar-refractivity contribution in [1.29, 1.82) is 0 Å². The summed E-state index contributed by atoms with van der Waals surface area (Å²) in [5.41, 5.74) is 9.03. The number of nitrogen functional groups attached to an aromatic ring is 1. The zero-order valence-corrected chi connectivity index (χ0v) is 17.1. The molecule has 0 amide bonds. The third-order valence-electron chi connectivity index (χ3n) is 5.06. The number of hydrogen-bond donors (Lipinski definition) is 3. The molecule has 0 saturated carbocycles. The van der Waals surface area contributed by atoms with E-state index in [1.165, 1.54) is 0 Å². The number of fused-ring (bicyclic) bond motifs is 1. The molecule has 27 heavy (non-hydrogen) atoms. The normalized spacial score (nSPS) is 20.7. The molecule has 1 aromatic heterocycles. The maximum absolute atomic E-state index is 13.1. The number of halogens is 2. The molecule has 1 aliphatic heterocycles. The smallest absolute Gasteiger partial charge is 0.200 e. The molecule has 5 nitrogen and oxygen atoms in total. The van der Waals surface area contributed by atoms with Gasteiger partial charge in [0.15, 0.2) is 10.6 Å². The highest BCUT2D eigenvalue weighted by atomic mass is 35.5. The monoisotopic (exact) mass is 420 g/mol. The maximum atomic E-state index is 13.1. The van der Waals surface area contributed by atoms with Gasteiger partial charge < -0.3 is 16.0 Å². The molecule has 2 aliphatic rings. The number of Topliss-reactive ketones (excluding diaryl/α,β-unsaturated/α-hetero) is 1. The fourth-order valence-electron chi connectivity index (χ4n) is 4.01. The van der Waals surface area contributed by atoms with Crippen LogP contribution in [0.1, 0.15) is 43.7 Å². The molecule has 4 rings (SSSR count). The number of rotatable bonds is 1. The first-order valence-electron chi connectivity index (χ1n) is 8.55. The highest BCUT2D eigenvalue weighted by molar-refractivity contribution is 7.71. The second-order valence-electron chi connectivity index (χ2n) is 7.75. The van der Waals surface area contributed by atoms with Crippen molar-refractivity contribution >= 4 is 52.8 Å². The van der Waals surface area contributed by atoms with Crippen LogP contribution in [0, 0.1) is 10.2 Å². The van der Waals surface area contributed by atoms with Crippen LogP contribution < -0.4 is 11.1 Å². The summed E-state index contributed by atoms with van der Waals surface area (Å²) in [6.45, 7) is 4.15. The first kappa shape index (κ1) is 18.5. The molecule has 8 heteroatoms. The molecular formula is C19H18Cl2N4OS. The summed E-state index contributed by atoms with van der Waals surface area (Å²) in [5.74, 6) is 0.539. The number of allylic oxidation sites excluding steroid dienone is 2. The van der Waals surface area contributed by atoms with Gasteiger partial charge in [0.05, 0.1) is 10.0 Å². The highest BCUT2D eigenvalue weighted by Gasteiger charge is 2.42. The van der Waals surface area contributed by atoms with E-state index in [0.717, 1.165) is 17.7 Å². The first-order valence-corrected chi connectivity index (χ1v) is 9.71. The molecule has 140 valence electrons. The minimum atomic E-state index is -0.453. The number of benzene rings is 1. The Morgan fingerprint density at radius 1 is 1.30 bits per heavy atom. The van der Waals surface area contributed by atoms with E-state index in [9.17, 15) is 4.79 Å². The summed E-state index contributed by atoms with van der Waals surface area (Å²) < 4.78 is 0.278. The zero-order chi connectivity index (χ0) is 19.5. The van der Waals surface area contributed by atoms with Crippen molar-refractivity contribution in [3.63, 3.8) is 0 Å². The lowest BCUT2D eigenvalue weighted by Crippen LogP contribution is -2.34. The van der Waals surface area contributed by atoms with Crippen molar-refractivity contribution < 1.29 is 4.79 Å². The third kappa shape index (κ3) is 3.06. The van der Waals surface area contributed by atoms with E-state index >= 15 is 0 Å². The number of anilines is 2. The van der Waals surface area contributed by atoms with Crippen LogP contribution >= 0.6 is 35.4 Å². The number of H-pyrrole nitrogens is 1. The van der Waals surface area contributed by atoms with Crippen molar-refractivity contribution in [3.8, 4) is 0 Å². The number of nitrogens with zero attached hydrogens (tertiary/aromatic N) is 1. The largest absolute Gasteiger partial charge is 0.385 e. The number of aromatic nitrogens is 2. The second kappa shape index (κ2) is 6.33. The zero-order valence-electron chi connectivity index (χ0n) is 14.8. The van der Waals surface area contributed by atoms with Crippen LogP contribution in [0.25, 0.3) is 0 Å². The Kier molecular flexibility index (Phi) is 4.33. The minimum absolute atomic E-state index is 0.0716. The lowest BCUT2D eigenvalue weighted by Gasteiger charge is -2.39. The average molecular weight is 421 g/mol. The van der Waals surface area contributed by atoms with Gasteiger partial charge in [-0.3, -0.25) is 4.79 Å². The predicted octanol–water partition coefficient (Wildman–Crippen LogP) is 5.23. The Hall–Kier alpha value is -1.89. The molecule has 0 saturated heterocycles. The van der Waals surface area contributed by atoms with E-state index in [0.29, 0.717) is 39.2 Å². The molecule has 1 aliphatic carbocycles. The fraction of sp³-hybridized carbons (Fsp3) is 0.316. The standard InChI is InChI=1S/C19H18Cl2N4OS/c1-19(2)6-10-13(11(26)7-19)12(8-4-3-5-9(20)15(8)21)14-16(22)24-18(27)25-17(14)23-10/h3-5,12H,6-7H2,1-2H3,(H4,22,23,24,25,27). The Labute approximate surface area is 172 Å². The molecule has 1 aromatic carbocycles. The average Bonchev–Trinajstić information content (AvgIpc) is 2.54. The number of hydrogen-bond acceptors (Lipinski definition) is 5. The Balaban J connectivity index is 2.04. The van der Waals surface area contributed by atoms with E-state index in [-0.39, 0.29) is 16.0 Å². The van der Waals surface area contributed by atoms with Crippen molar-refractivity contribution in [2.45, 2.75) is 32.6 Å². The summed E-state index contributed by atoms with van der Waals surface area (Å²) in [6, 6.07) is 5.40. The van der Waals surface area contributed by atoms with Crippen LogP contribution in [-0.2, 0) is 4.79 Å². The van der Waals surface area contributed by atoms with Crippen LogP contribution in [-0.4, -0.2) is 15.8 Å². The van der Waals surface area contributed by atoms with Crippen LogP contribution in [0.4, 0.5) is 11.6 Å². The van der Waals surface area contributed by atoms with Crippen molar-refractivity contribution in [1.82, 2.24) is 9.97 Å². The molecule has 1 unspecified atom stereocenters. The van der Waals surface area contributed by atoms with Crippen LogP contribution in [0.15, 0.2) is 29.5 Å². The third-order valence-corrected chi connectivity index (χ3v) is 6.09. The predicted molar refractivity (Wildman–Crippen MR) is 111 cm³/mol. The number of nitrogens with two attached hydrogens (primary N) is 1. The van der Waals surface area contributed by atoms with Gasteiger partial charge in [0.1, 0.15) is 11.6 Å². The van der Waals surface area contributed by atoms with E-state index in [1.807, 2.05) is 12.1 Å². The molecule has 2 heterocycles. The molecule has 0 bridgehead atoms. The van der Waals surface area contributed by atoms with E-state index in [2.05, 4.69) is 29.1 Å². The molecule has 4 N–H and O–H groups in total. The Morgan fingerprint density at radius 3 is 2.78 bits per heavy atom. The number of carbonyl (C=O) groups excluding carboxylic acids is 1. The van der Waals surface area contributed by atoms with Gasteiger partial charge in [0, 0.05) is 29.2 Å². The summed E-state index contributed by atoms with van der Waals surface area (Å²) in [6.07, 6.45) is 1.17. The van der Waals surface area contributed by atoms with Crippen LogP contribution in [0.5, 0.6) is 0 Å². The summed E-state index contributed by atoms with van der Waals surface area (Å²) in [4.78, 5) is 20.4. The van der Waals surface area contributed by atoms with E-state index in [1.54, 1.807) is 6.07 Å². The van der Waals surface area contributed by atoms with Gasteiger partial charge in [-0.15, -0.1) is 0 Å². The molecular weight excluding hydrogens is 403 g/mol. The van der Waals surface area contributed by atoms with Gasteiger partial charge in [-0.25, -0.2) is 4.98 Å². The van der Waals surface area contributed by atoms with E-state index in [4.69, 9.17) is 41.2 Å². The number of carbonyl (C=O) groups is 1. The van der Waals surface area contributed by atoms with E-state index < -0.39 is 5.92 Å². The molecule has 2 aromatic rings. The SMILES string of the molecule is CC1(C)CC(=O)C2=C(C1)Nc1nc(=S)[nH]c(N)c1C2c1cccc(Cl)c1Cl. The van der Waals surface area contributed by atoms with Gasteiger partial charge in [-0.05, 0) is 35.7 Å². The lowest BCUT2D eigenvalue weighted by atomic mass is 9.69. The number of nitrogens with one attached hydrogen (secondary N) is 2. The minimum Gasteiger partial charge on any atom is -0.385 e. The van der Waals surface area contributed by atoms with Crippen molar-refractivity contribution in [2.24, 2.45) is 5.41 Å². The summed E-state index contributed by atoms with van der Waals surface area (Å²) >= 11 is 18.0. The van der Waals surface area contributed by atoms with Crippen LogP contribution in [0.3, 0.4) is 0 Å². The summed E-state index contributed by atoms with van der Waals surface area (Å²) in [5, 5.41) is 4.14. The van der Waals surface area contributed by atoms with Gasteiger partial charge in [-0.2, -0.15) is 0 Å². The van der Waals surface area contributed by atoms with Gasteiger partial charge in [-0.1, -0.05) is 49.2 Å². The van der Waals surface area contributed by atoms with Gasteiger partial charge >= 0.3 is 0 Å². The van der Waals surface area contributed by atoms with Gasteiger partial charge in [0.25, 0.3) is 0 Å². The molecule has 0 radical (unpaired) electrons. The first-order chi connectivity index (χ1) is 12.7. The quantitative estimate of drug-likeness (QED) is 0.550. The summed E-state index contributed by atoms with van der Waals surface area (Å²) in [7, 11) is 0. The van der Waals surface area contributed by atoms with Crippen molar-refractivity contribution in [2.75, 3.05) is 11.1 Å². The maximum Gasteiger partial charge on any atom is 0.200 e. The topological polar surface area (TPSA) is 83.8 Å². The number of ketones is 1. The molecule has 0 spiro atoms. The fourth-order valence-corrected chi connectivity index (χ4v) is 4.63. The van der Waals surface area contributed by atoms with Gasteiger partial charge in [0.2, 0.25) is 0 Å². The second-order valence-corrected chi connectivity index (χ2v) is 8.92. The Morgan fingerprint density at radius 2 is 2.04 bits per heavy atom. The number of aromatic amines is 1. The van der Waals surface area contributed by atoms with Crippen molar-refractivity contribution in [3.05, 3.63) is 55.4 Å². The highest BCUT2D eigenvalue weighted by Crippen LogP contribution is 2.51.